The third-order valence-corrected chi connectivity index (χ3v) is 4.96. The molecule has 0 aliphatic heterocycles. The Kier molecular flexibility index (Phi) is 8.45. The zero-order valence-corrected chi connectivity index (χ0v) is 20.3. The van der Waals surface area contributed by atoms with E-state index in [1.54, 1.807) is 48.7 Å². The number of carbonyl (C=O) groups is 2. The average Bonchev–Trinajstić information content (AvgIpc) is 2.82. The van der Waals surface area contributed by atoms with Crippen LogP contribution in [-0.4, -0.2) is 40.5 Å². The number of amidine groups is 1. The number of amides is 1. The van der Waals surface area contributed by atoms with Crippen LogP contribution >= 0.6 is 0 Å². The minimum atomic E-state index is -1.12. The number of anilines is 2. The van der Waals surface area contributed by atoms with Gasteiger partial charge in [-0.3, -0.25) is 15.2 Å². The van der Waals surface area contributed by atoms with E-state index in [1.165, 1.54) is 0 Å². The van der Waals surface area contributed by atoms with Gasteiger partial charge in [0, 0.05) is 29.2 Å². The molecule has 2 aromatic carbocycles. The van der Waals surface area contributed by atoms with E-state index in [9.17, 15) is 9.59 Å². The monoisotopic (exact) mass is 491 g/mol. The van der Waals surface area contributed by atoms with Crippen LogP contribution in [0.5, 0.6) is 11.5 Å². The summed E-state index contributed by atoms with van der Waals surface area (Å²) in [5.74, 6) is -0.897. The molecule has 0 aliphatic rings. The quantitative estimate of drug-likeness (QED) is 0.200. The summed E-state index contributed by atoms with van der Waals surface area (Å²) in [6, 6.07) is 13.7. The van der Waals surface area contributed by atoms with Gasteiger partial charge in [-0.1, -0.05) is 11.6 Å². The van der Waals surface area contributed by atoms with E-state index in [4.69, 9.17) is 25.7 Å². The van der Waals surface area contributed by atoms with Gasteiger partial charge in [0.2, 0.25) is 0 Å². The number of aryl methyl sites for hydroxylation is 1. The highest BCUT2D eigenvalue weighted by Gasteiger charge is 2.17. The maximum absolute atomic E-state index is 13.1. The molecule has 0 unspecified atom stereocenters. The molecule has 1 heterocycles. The molecule has 0 saturated carbocycles. The van der Waals surface area contributed by atoms with Crippen LogP contribution in [0.2, 0.25) is 0 Å². The number of nitrogens with one attached hydrogen (secondary N) is 3. The van der Waals surface area contributed by atoms with Gasteiger partial charge in [0.1, 0.15) is 11.5 Å². The molecule has 6 N–H and O–H groups in total. The Balaban J connectivity index is 1.83. The van der Waals surface area contributed by atoms with Crippen LogP contribution in [0.15, 0.2) is 54.7 Å². The molecule has 0 fully saturated rings. The maximum Gasteiger partial charge on any atom is 0.341 e. The summed E-state index contributed by atoms with van der Waals surface area (Å²) in [5.41, 5.74) is 8.90. The van der Waals surface area contributed by atoms with E-state index < -0.39 is 12.6 Å². The van der Waals surface area contributed by atoms with Gasteiger partial charge in [-0.25, -0.2) is 4.79 Å². The number of carboxylic acid groups (broad SMARTS) is 1. The van der Waals surface area contributed by atoms with Crippen molar-refractivity contribution in [1.29, 1.82) is 5.41 Å². The van der Waals surface area contributed by atoms with Gasteiger partial charge >= 0.3 is 5.97 Å². The fourth-order valence-corrected chi connectivity index (χ4v) is 3.34. The molecule has 0 spiro atoms. The van der Waals surface area contributed by atoms with Crippen LogP contribution in [-0.2, 0) is 11.3 Å². The first kappa shape index (κ1) is 26.0. The zero-order valence-electron chi connectivity index (χ0n) is 20.3. The summed E-state index contributed by atoms with van der Waals surface area (Å²) in [5, 5.41) is 22.6. The van der Waals surface area contributed by atoms with E-state index in [0.717, 1.165) is 5.56 Å². The lowest BCUT2D eigenvalue weighted by molar-refractivity contribution is -0.139. The van der Waals surface area contributed by atoms with E-state index in [1.807, 2.05) is 26.8 Å². The Bertz CT molecular complexity index is 1260. The molecule has 1 aromatic heterocycles. The number of benzene rings is 2. The Hall–Kier alpha value is -4.60. The largest absolute Gasteiger partial charge is 0.487 e. The van der Waals surface area contributed by atoms with Crippen molar-refractivity contribution in [2.24, 2.45) is 5.73 Å². The Morgan fingerprint density at radius 1 is 1.14 bits per heavy atom. The number of nitrogen functional groups attached to an aromatic ring is 1. The number of hydrogen-bond donors (Lipinski definition) is 5. The highest BCUT2D eigenvalue weighted by molar-refractivity contribution is 6.08. The van der Waals surface area contributed by atoms with Crippen molar-refractivity contribution in [1.82, 2.24) is 4.98 Å². The number of rotatable bonds is 11. The molecular formula is C26H29N5O5. The van der Waals surface area contributed by atoms with E-state index >= 15 is 0 Å². The minimum Gasteiger partial charge on any atom is -0.487 e. The lowest BCUT2D eigenvalue weighted by atomic mass is 10.1. The molecule has 3 rings (SSSR count). The standard InChI is InChI=1S/C26H29N5O5/c1-15(2)36-22-10-11-29-21(24(22)35-14-23(32)33)13-30-20-9-4-16(3)12-19(20)26(34)31-18-7-5-17(6-8-18)25(27)28/h4-12,15,30H,13-14H2,1-3H3,(H3,27,28)(H,31,34)(H,32,33). The number of aliphatic carboxylic acids is 1. The van der Waals surface area contributed by atoms with Crippen molar-refractivity contribution in [3.8, 4) is 11.5 Å². The molecule has 0 saturated heterocycles. The molecule has 3 aromatic rings. The number of carbonyl (C=O) groups excluding carboxylic acids is 1. The maximum atomic E-state index is 13.1. The number of carboxylic acids is 1. The van der Waals surface area contributed by atoms with Gasteiger partial charge in [-0.2, -0.15) is 0 Å². The number of nitrogens with two attached hydrogens (primary N) is 1. The Labute approximate surface area is 209 Å². The molecule has 0 radical (unpaired) electrons. The zero-order chi connectivity index (χ0) is 26.2. The first-order valence-electron chi connectivity index (χ1n) is 11.2. The van der Waals surface area contributed by atoms with Gasteiger partial charge in [-0.05, 0) is 57.2 Å². The number of ether oxygens (including phenoxy) is 2. The SMILES string of the molecule is Cc1ccc(NCc2nccc(OC(C)C)c2OCC(=O)O)c(C(=O)Nc2ccc(C(=N)N)cc2)c1. The van der Waals surface area contributed by atoms with Crippen LogP contribution in [0.1, 0.15) is 41.0 Å². The summed E-state index contributed by atoms with van der Waals surface area (Å²) in [6.07, 6.45) is 1.40. The van der Waals surface area contributed by atoms with Crippen LogP contribution in [0.4, 0.5) is 11.4 Å². The molecule has 10 heteroatoms. The van der Waals surface area contributed by atoms with Crippen molar-refractivity contribution in [2.75, 3.05) is 17.2 Å². The van der Waals surface area contributed by atoms with Crippen molar-refractivity contribution in [2.45, 2.75) is 33.4 Å². The lowest BCUT2D eigenvalue weighted by Crippen LogP contribution is -2.17. The summed E-state index contributed by atoms with van der Waals surface area (Å²) >= 11 is 0. The lowest BCUT2D eigenvalue weighted by Gasteiger charge is -2.18. The van der Waals surface area contributed by atoms with Gasteiger partial charge in [0.15, 0.2) is 18.1 Å². The van der Waals surface area contributed by atoms with Gasteiger partial charge in [-0.15, -0.1) is 0 Å². The topological polar surface area (TPSA) is 160 Å². The molecule has 188 valence electrons. The third-order valence-electron chi connectivity index (χ3n) is 4.96. The van der Waals surface area contributed by atoms with E-state index in [0.29, 0.717) is 33.9 Å². The fraction of sp³-hybridized carbons (Fsp3) is 0.231. The molecule has 0 bridgehead atoms. The van der Waals surface area contributed by atoms with E-state index in [-0.39, 0.29) is 30.1 Å². The van der Waals surface area contributed by atoms with Crippen molar-refractivity contribution < 1.29 is 24.2 Å². The van der Waals surface area contributed by atoms with Crippen molar-refractivity contribution >= 4 is 29.1 Å². The van der Waals surface area contributed by atoms with Crippen molar-refractivity contribution in [3.63, 3.8) is 0 Å². The predicted octanol–water partition coefficient (Wildman–Crippen LogP) is 3.79. The highest BCUT2D eigenvalue weighted by Crippen LogP contribution is 2.31. The number of aromatic nitrogens is 1. The number of nitrogens with zero attached hydrogens (tertiary/aromatic N) is 1. The second kappa shape index (κ2) is 11.7. The Morgan fingerprint density at radius 3 is 2.50 bits per heavy atom. The number of pyridine rings is 1. The van der Waals surface area contributed by atoms with Crippen molar-refractivity contribution in [3.05, 3.63) is 77.1 Å². The molecule has 1 amide bonds. The molecule has 10 nitrogen and oxygen atoms in total. The molecular weight excluding hydrogens is 462 g/mol. The van der Waals surface area contributed by atoms with Gasteiger partial charge in [0.25, 0.3) is 5.91 Å². The summed E-state index contributed by atoms with van der Waals surface area (Å²) in [6.45, 7) is 5.19. The van der Waals surface area contributed by atoms with Crippen LogP contribution in [0.25, 0.3) is 0 Å². The van der Waals surface area contributed by atoms with Gasteiger partial charge in [0.05, 0.1) is 18.2 Å². The normalized spacial score (nSPS) is 10.6. The van der Waals surface area contributed by atoms with Crippen LogP contribution < -0.4 is 25.8 Å². The molecule has 0 atom stereocenters. The van der Waals surface area contributed by atoms with Crippen LogP contribution in [0, 0.1) is 12.3 Å². The number of hydrogen-bond acceptors (Lipinski definition) is 7. The smallest absolute Gasteiger partial charge is 0.341 e. The Morgan fingerprint density at radius 2 is 1.86 bits per heavy atom. The second-order valence-corrected chi connectivity index (χ2v) is 8.28. The first-order valence-corrected chi connectivity index (χ1v) is 11.2. The summed E-state index contributed by atoms with van der Waals surface area (Å²) in [4.78, 5) is 28.5. The summed E-state index contributed by atoms with van der Waals surface area (Å²) in [7, 11) is 0. The predicted molar refractivity (Wildman–Crippen MR) is 137 cm³/mol. The molecule has 0 aliphatic carbocycles. The van der Waals surface area contributed by atoms with Gasteiger partial charge < -0.3 is 30.9 Å². The highest BCUT2D eigenvalue weighted by atomic mass is 16.5. The van der Waals surface area contributed by atoms with Crippen LogP contribution in [0.3, 0.4) is 0 Å². The fourth-order valence-electron chi connectivity index (χ4n) is 3.34. The minimum absolute atomic E-state index is 0.0544. The second-order valence-electron chi connectivity index (χ2n) is 8.28. The molecule has 36 heavy (non-hydrogen) atoms. The third kappa shape index (κ3) is 6.95. The summed E-state index contributed by atoms with van der Waals surface area (Å²) < 4.78 is 11.3. The first-order chi connectivity index (χ1) is 17.1. The van der Waals surface area contributed by atoms with E-state index in [2.05, 4.69) is 15.6 Å². The average molecular weight is 492 g/mol.